The lowest BCUT2D eigenvalue weighted by Gasteiger charge is -2.26. The zero-order valence-electron chi connectivity index (χ0n) is 17.8. The van der Waals surface area contributed by atoms with E-state index in [4.69, 9.17) is 9.47 Å². The summed E-state index contributed by atoms with van der Waals surface area (Å²) in [4.78, 5) is 38.3. The second-order valence-electron chi connectivity index (χ2n) is 8.32. The Bertz CT molecular complexity index is 1050. The molecule has 2 saturated heterocycles. The van der Waals surface area contributed by atoms with Gasteiger partial charge in [0.25, 0.3) is 5.91 Å². The van der Waals surface area contributed by atoms with Gasteiger partial charge in [0.05, 0.1) is 11.9 Å². The Hall–Kier alpha value is -3.04. The number of thioether (sulfide) groups is 1. The highest BCUT2D eigenvalue weighted by Crippen LogP contribution is 2.44. The molecule has 3 aliphatic rings. The summed E-state index contributed by atoms with van der Waals surface area (Å²) in [5.74, 6) is -0.856. The first-order valence-electron chi connectivity index (χ1n) is 10.9. The molecule has 0 bridgehead atoms. The normalized spacial score (nSPS) is 23.8. The Morgan fingerprint density at radius 3 is 2.42 bits per heavy atom. The predicted octanol–water partition coefficient (Wildman–Crippen LogP) is 2.67. The van der Waals surface area contributed by atoms with Gasteiger partial charge in [-0.2, -0.15) is 0 Å². The third-order valence-electron chi connectivity index (χ3n) is 6.43. The number of fused-ring (bicyclic) bond motifs is 3. The van der Waals surface area contributed by atoms with Crippen LogP contribution < -0.4 is 5.32 Å². The number of nitrogens with zero attached hydrogens (tertiary/aromatic N) is 1. The minimum atomic E-state index is -1.03. The van der Waals surface area contributed by atoms with Gasteiger partial charge in [-0.15, -0.1) is 11.8 Å². The summed E-state index contributed by atoms with van der Waals surface area (Å²) in [5.41, 5.74) is 4.53. The maximum absolute atomic E-state index is 12.9. The molecule has 3 atom stereocenters. The maximum Gasteiger partial charge on any atom is 0.407 e. The third kappa shape index (κ3) is 4.06. The summed E-state index contributed by atoms with van der Waals surface area (Å²) < 4.78 is 11.2. The number of carboxylic acids is 1. The van der Waals surface area contributed by atoms with Gasteiger partial charge in [-0.25, -0.2) is 9.59 Å². The van der Waals surface area contributed by atoms with Crippen LogP contribution in [0.5, 0.6) is 0 Å². The van der Waals surface area contributed by atoms with Crippen LogP contribution in [0.4, 0.5) is 4.79 Å². The van der Waals surface area contributed by atoms with E-state index in [9.17, 15) is 19.5 Å². The molecule has 2 N–H and O–H groups in total. The van der Waals surface area contributed by atoms with Crippen LogP contribution in [0.25, 0.3) is 11.1 Å². The molecule has 2 heterocycles. The quantitative estimate of drug-likeness (QED) is 0.695. The summed E-state index contributed by atoms with van der Waals surface area (Å²) in [7, 11) is 0. The molecule has 0 unspecified atom stereocenters. The number of aliphatic carboxylic acids is 1. The molecule has 0 aromatic heterocycles. The Labute approximate surface area is 195 Å². The molecule has 33 heavy (non-hydrogen) atoms. The second kappa shape index (κ2) is 9.07. The van der Waals surface area contributed by atoms with Crippen molar-refractivity contribution in [3.8, 4) is 11.1 Å². The van der Waals surface area contributed by atoms with E-state index >= 15 is 0 Å². The monoisotopic (exact) mass is 468 g/mol. The maximum atomic E-state index is 12.9. The van der Waals surface area contributed by atoms with Gasteiger partial charge >= 0.3 is 12.1 Å². The molecule has 2 aromatic rings. The molecule has 2 amide bonds. The number of nitrogens with one attached hydrogen (secondary N) is 1. The van der Waals surface area contributed by atoms with E-state index in [1.165, 1.54) is 16.7 Å². The molecule has 0 radical (unpaired) electrons. The smallest absolute Gasteiger partial charge is 0.407 e. The fraction of sp³-hybridized carbons (Fsp3) is 0.375. The summed E-state index contributed by atoms with van der Waals surface area (Å²) in [6.45, 7) is 0.485. The molecule has 2 aliphatic heterocycles. The van der Waals surface area contributed by atoms with Gasteiger partial charge in [0, 0.05) is 18.3 Å². The first-order valence-corrected chi connectivity index (χ1v) is 12.0. The van der Waals surface area contributed by atoms with Crippen molar-refractivity contribution in [2.24, 2.45) is 0 Å². The molecule has 0 spiro atoms. The van der Waals surface area contributed by atoms with Crippen molar-refractivity contribution < 1.29 is 29.0 Å². The lowest BCUT2D eigenvalue weighted by Crippen LogP contribution is -2.52. The first-order chi connectivity index (χ1) is 16.0. The van der Waals surface area contributed by atoms with Crippen LogP contribution in [-0.4, -0.2) is 71.0 Å². The van der Waals surface area contributed by atoms with E-state index in [0.717, 1.165) is 22.3 Å². The van der Waals surface area contributed by atoms with Crippen molar-refractivity contribution in [3.63, 3.8) is 0 Å². The molecule has 9 heteroatoms. The van der Waals surface area contributed by atoms with E-state index in [2.05, 4.69) is 17.4 Å². The number of ether oxygens (including phenoxy) is 2. The van der Waals surface area contributed by atoms with E-state index < -0.39 is 36.2 Å². The van der Waals surface area contributed by atoms with Gasteiger partial charge in [0.2, 0.25) is 0 Å². The van der Waals surface area contributed by atoms with Crippen molar-refractivity contribution >= 4 is 29.7 Å². The average molecular weight is 469 g/mol. The minimum absolute atomic E-state index is 0.0571. The number of carbonyl (C=O) groups excluding carboxylic acids is 2. The fourth-order valence-corrected chi connectivity index (χ4v) is 5.96. The van der Waals surface area contributed by atoms with Crippen LogP contribution in [0, 0.1) is 0 Å². The van der Waals surface area contributed by atoms with Crippen LogP contribution in [0.15, 0.2) is 48.5 Å². The van der Waals surface area contributed by atoms with E-state index in [-0.39, 0.29) is 12.5 Å². The standard InChI is InChI=1S/C24H24N2O6S/c27-22(26-13-33-12-20(26)23(28)29)21-19(9-10-31-21)25-24(30)32-11-18-16-7-3-1-5-14(16)15-6-2-4-8-17(15)18/h1-8,18-21H,9-13H2,(H,25,30)(H,28,29)/t19-,20+,21+/m1/s1. The number of benzene rings is 2. The SMILES string of the molecule is O=C(N[C@@H]1CCO[C@@H]1C(=O)N1CSC[C@H]1C(=O)O)OCC1c2ccccc2-c2ccccc21. The van der Waals surface area contributed by atoms with Crippen molar-refractivity contribution in [1.29, 1.82) is 0 Å². The summed E-state index contributed by atoms with van der Waals surface area (Å²) in [5, 5.41) is 12.1. The molecule has 8 nitrogen and oxygen atoms in total. The third-order valence-corrected chi connectivity index (χ3v) is 7.44. The van der Waals surface area contributed by atoms with Gasteiger partial charge in [0.15, 0.2) is 6.10 Å². The molecule has 2 aromatic carbocycles. The summed E-state index contributed by atoms with van der Waals surface area (Å²) >= 11 is 1.39. The van der Waals surface area contributed by atoms with E-state index in [1.54, 1.807) is 0 Å². The summed E-state index contributed by atoms with van der Waals surface area (Å²) in [6.07, 6.45) is -1.07. The number of rotatable bonds is 5. The topological polar surface area (TPSA) is 105 Å². The van der Waals surface area contributed by atoms with Gasteiger partial charge in [-0.3, -0.25) is 4.79 Å². The number of carbonyl (C=O) groups is 3. The van der Waals surface area contributed by atoms with E-state index in [0.29, 0.717) is 24.7 Å². The number of hydrogen-bond acceptors (Lipinski definition) is 6. The highest BCUT2D eigenvalue weighted by atomic mass is 32.2. The second-order valence-corrected chi connectivity index (χ2v) is 9.32. The number of alkyl carbamates (subject to hydrolysis) is 1. The lowest BCUT2D eigenvalue weighted by molar-refractivity contribution is -0.152. The Morgan fingerprint density at radius 1 is 1.09 bits per heavy atom. The number of amides is 2. The Morgan fingerprint density at radius 2 is 1.76 bits per heavy atom. The Balaban J connectivity index is 1.23. The van der Waals surface area contributed by atoms with Gasteiger partial charge < -0.3 is 24.8 Å². The lowest BCUT2D eigenvalue weighted by atomic mass is 9.98. The number of hydrogen-bond donors (Lipinski definition) is 2. The summed E-state index contributed by atoms with van der Waals surface area (Å²) in [6, 6.07) is 14.8. The van der Waals surface area contributed by atoms with Crippen molar-refractivity contribution in [3.05, 3.63) is 59.7 Å². The fourth-order valence-electron chi connectivity index (χ4n) is 4.80. The number of carboxylic acid groups (broad SMARTS) is 1. The molecular weight excluding hydrogens is 444 g/mol. The molecule has 1 aliphatic carbocycles. The predicted molar refractivity (Wildman–Crippen MR) is 122 cm³/mol. The van der Waals surface area contributed by atoms with Crippen molar-refractivity contribution in [1.82, 2.24) is 10.2 Å². The zero-order chi connectivity index (χ0) is 22.9. The first kappa shape index (κ1) is 21.8. The van der Waals surface area contributed by atoms with Crippen LogP contribution >= 0.6 is 11.8 Å². The Kier molecular flexibility index (Phi) is 5.99. The van der Waals surface area contributed by atoms with Gasteiger partial charge in [-0.1, -0.05) is 48.5 Å². The molecular formula is C24H24N2O6S. The van der Waals surface area contributed by atoms with Crippen LogP contribution in [0.3, 0.4) is 0 Å². The zero-order valence-corrected chi connectivity index (χ0v) is 18.6. The van der Waals surface area contributed by atoms with Crippen molar-refractivity contribution in [2.45, 2.75) is 30.5 Å². The van der Waals surface area contributed by atoms with Crippen LogP contribution in [-0.2, 0) is 19.1 Å². The molecule has 5 rings (SSSR count). The molecule has 0 saturated carbocycles. The van der Waals surface area contributed by atoms with Gasteiger partial charge in [0.1, 0.15) is 12.6 Å². The van der Waals surface area contributed by atoms with Crippen molar-refractivity contribution in [2.75, 3.05) is 24.8 Å². The van der Waals surface area contributed by atoms with Gasteiger partial charge in [-0.05, 0) is 28.7 Å². The average Bonchev–Trinajstić information content (AvgIpc) is 3.55. The highest BCUT2D eigenvalue weighted by Gasteiger charge is 2.43. The van der Waals surface area contributed by atoms with Crippen LogP contribution in [0.2, 0.25) is 0 Å². The largest absolute Gasteiger partial charge is 0.480 e. The molecule has 2 fully saturated rings. The highest BCUT2D eigenvalue weighted by molar-refractivity contribution is 7.99. The van der Waals surface area contributed by atoms with Crippen LogP contribution in [0.1, 0.15) is 23.5 Å². The van der Waals surface area contributed by atoms with E-state index in [1.807, 2.05) is 36.4 Å². The molecule has 172 valence electrons. The minimum Gasteiger partial charge on any atom is -0.480 e.